The molecule has 1 aliphatic heterocycles. The minimum absolute atomic E-state index is 0.0257. The largest absolute Gasteiger partial charge is 0.393 e. The maximum absolute atomic E-state index is 14.0. The highest BCUT2D eigenvalue weighted by Crippen LogP contribution is 2.36. The molecule has 0 aliphatic carbocycles. The Balaban J connectivity index is 2.06. The summed E-state index contributed by atoms with van der Waals surface area (Å²) >= 11 is 0. The van der Waals surface area contributed by atoms with Crippen molar-refractivity contribution in [1.82, 2.24) is 5.32 Å². The van der Waals surface area contributed by atoms with Crippen molar-refractivity contribution >= 4 is 0 Å². The van der Waals surface area contributed by atoms with Gasteiger partial charge in [0.2, 0.25) is 0 Å². The van der Waals surface area contributed by atoms with Gasteiger partial charge in [-0.2, -0.15) is 0 Å². The van der Waals surface area contributed by atoms with Crippen molar-refractivity contribution in [2.75, 3.05) is 13.1 Å². The molecule has 1 heterocycles. The Hall–Kier alpha value is -1.00. The first-order valence-corrected chi connectivity index (χ1v) is 5.92. The van der Waals surface area contributed by atoms with Crippen molar-refractivity contribution < 1.29 is 13.9 Å². The summed E-state index contributed by atoms with van der Waals surface area (Å²) in [7, 11) is 0. The number of benzene rings is 1. The number of rotatable bonds is 3. The van der Waals surface area contributed by atoms with Crippen LogP contribution in [0.5, 0.6) is 0 Å². The fourth-order valence-electron chi connectivity index (χ4n) is 2.25. The minimum atomic E-state index is -2.87. The van der Waals surface area contributed by atoms with E-state index in [9.17, 15) is 13.9 Å². The number of aliphatic hydroxyl groups excluding tert-OH is 1. The van der Waals surface area contributed by atoms with Gasteiger partial charge in [-0.15, -0.1) is 0 Å². The molecule has 1 saturated heterocycles. The van der Waals surface area contributed by atoms with Crippen LogP contribution in [0.15, 0.2) is 30.3 Å². The van der Waals surface area contributed by atoms with Crippen LogP contribution >= 0.6 is 0 Å². The zero-order chi connectivity index (χ0) is 12.3. The summed E-state index contributed by atoms with van der Waals surface area (Å²) in [6.07, 6.45) is -0.369. The molecule has 0 amide bonds. The molecule has 2 atom stereocenters. The normalized spacial score (nSPS) is 25.8. The third-order valence-electron chi connectivity index (χ3n) is 3.28. The van der Waals surface area contributed by atoms with Crippen molar-refractivity contribution in [3.05, 3.63) is 35.9 Å². The smallest absolute Gasteiger partial charge is 0.273 e. The van der Waals surface area contributed by atoms with E-state index in [0.717, 1.165) is 0 Å². The molecule has 0 saturated carbocycles. The highest BCUT2D eigenvalue weighted by atomic mass is 19.3. The minimum Gasteiger partial charge on any atom is -0.393 e. The van der Waals surface area contributed by atoms with Gasteiger partial charge in [0.25, 0.3) is 5.92 Å². The topological polar surface area (TPSA) is 32.3 Å². The van der Waals surface area contributed by atoms with Crippen molar-refractivity contribution in [1.29, 1.82) is 0 Å². The lowest BCUT2D eigenvalue weighted by molar-refractivity contribution is -0.0552. The second-order valence-electron chi connectivity index (χ2n) is 4.59. The van der Waals surface area contributed by atoms with Crippen molar-refractivity contribution in [3.63, 3.8) is 0 Å². The molecule has 1 fully saturated rings. The highest BCUT2D eigenvalue weighted by molar-refractivity contribution is 5.20. The molecule has 1 aliphatic rings. The van der Waals surface area contributed by atoms with E-state index >= 15 is 0 Å². The zero-order valence-corrected chi connectivity index (χ0v) is 9.57. The summed E-state index contributed by atoms with van der Waals surface area (Å²) in [5.41, 5.74) is 0.0257. The Morgan fingerprint density at radius 2 is 2.00 bits per heavy atom. The first kappa shape index (κ1) is 12.5. The molecular formula is C13H17F2NO. The molecule has 1 aromatic carbocycles. The first-order valence-electron chi connectivity index (χ1n) is 5.92. The quantitative estimate of drug-likeness (QED) is 0.849. The van der Waals surface area contributed by atoms with Crippen molar-refractivity contribution in [3.8, 4) is 0 Å². The van der Waals surface area contributed by atoms with Crippen LogP contribution in [-0.2, 0) is 5.92 Å². The molecule has 2 nitrogen and oxygen atoms in total. The van der Waals surface area contributed by atoms with Crippen LogP contribution in [0, 0.1) is 5.92 Å². The fourth-order valence-corrected chi connectivity index (χ4v) is 2.25. The molecule has 2 rings (SSSR count). The molecule has 1 aromatic rings. The fraction of sp³-hybridized carbons (Fsp3) is 0.538. The van der Waals surface area contributed by atoms with Gasteiger partial charge in [0.15, 0.2) is 0 Å². The van der Waals surface area contributed by atoms with E-state index < -0.39 is 12.0 Å². The molecule has 0 radical (unpaired) electrons. The molecule has 0 spiro atoms. The maximum Gasteiger partial charge on any atom is 0.273 e. The molecular weight excluding hydrogens is 224 g/mol. The summed E-state index contributed by atoms with van der Waals surface area (Å²) in [5, 5.41) is 12.8. The van der Waals surface area contributed by atoms with E-state index in [1.54, 1.807) is 18.2 Å². The highest BCUT2D eigenvalue weighted by Gasteiger charge is 2.37. The monoisotopic (exact) mass is 241 g/mol. The predicted molar refractivity (Wildman–Crippen MR) is 61.9 cm³/mol. The average molecular weight is 241 g/mol. The van der Waals surface area contributed by atoms with Crippen LogP contribution in [-0.4, -0.2) is 24.3 Å². The second-order valence-corrected chi connectivity index (χ2v) is 4.59. The van der Waals surface area contributed by atoms with Crippen molar-refractivity contribution in [2.24, 2.45) is 5.92 Å². The average Bonchev–Trinajstić information content (AvgIpc) is 2.33. The van der Waals surface area contributed by atoms with Crippen LogP contribution in [0.4, 0.5) is 8.78 Å². The van der Waals surface area contributed by atoms with E-state index in [2.05, 4.69) is 5.32 Å². The summed E-state index contributed by atoms with van der Waals surface area (Å²) in [4.78, 5) is 0. The number of hydrogen-bond acceptors (Lipinski definition) is 2. The Morgan fingerprint density at radius 3 is 2.65 bits per heavy atom. The number of nitrogens with one attached hydrogen (secondary N) is 1. The second kappa shape index (κ2) is 5.10. The summed E-state index contributed by atoms with van der Waals surface area (Å²) in [6, 6.07) is 7.81. The molecule has 2 unspecified atom stereocenters. The summed E-state index contributed by atoms with van der Waals surface area (Å²) in [5.74, 6) is -3.25. The summed E-state index contributed by atoms with van der Waals surface area (Å²) < 4.78 is 27.9. The van der Waals surface area contributed by atoms with Crippen LogP contribution < -0.4 is 5.32 Å². The van der Waals surface area contributed by atoms with Gasteiger partial charge in [0.05, 0.1) is 6.10 Å². The van der Waals surface area contributed by atoms with E-state index in [0.29, 0.717) is 19.5 Å². The Morgan fingerprint density at radius 1 is 1.29 bits per heavy atom. The van der Waals surface area contributed by atoms with Gasteiger partial charge < -0.3 is 10.4 Å². The van der Waals surface area contributed by atoms with E-state index in [4.69, 9.17) is 0 Å². The molecule has 17 heavy (non-hydrogen) atoms. The number of halogens is 2. The van der Waals surface area contributed by atoms with Gasteiger partial charge in [-0.3, -0.25) is 0 Å². The SMILES string of the molecule is OC1CCNCC1CC(F)(F)c1ccccc1. The summed E-state index contributed by atoms with van der Waals surface area (Å²) in [6.45, 7) is 1.16. The van der Waals surface area contributed by atoms with Crippen LogP contribution in [0.1, 0.15) is 18.4 Å². The lowest BCUT2D eigenvalue weighted by Crippen LogP contribution is -2.42. The maximum atomic E-state index is 14.0. The molecule has 4 heteroatoms. The Labute approximate surface area is 99.7 Å². The molecule has 2 N–H and O–H groups in total. The Kier molecular flexibility index (Phi) is 3.74. The third kappa shape index (κ3) is 3.01. The van der Waals surface area contributed by atoms with Crippen LogP contribution in [0.3, 0.4) is 0 Å². The van der Waals surface area contributed by atoms with Gasteiger partial charge in [-0.25, -0.2) is 8.78 Å². The van der Waals surface area contributed by atoms with E-state index in [-0.39, 0.29) is 17.9 Å². The van der Waals surface area contributed by atoms with Gasteiger partial charge in [0.1, 0.15) is 0 Å². The standard InChI is InChI=1S/C13H17F2NO/c14-13(15,11-4-2-1-3-5-11)8-10-9-16-7-6-12(10)17/h1-5,10,12,16-17H,6-9H2. The van der Waals surface area contributed by atoms with E-state index in [1.807, 2.05) is 0 Å². The molecule has 94 valence electrons. The van der Waals surface area contributed by atoms with Crippen molar-refractivity contribution in [2.45, 2.75) is 24.9 Å². The zero-order valence-electron chi connectivity index (χ0n) is 9.57. The third-order valence-corrected chi connectivity index (χ3v) is 3.28. The number of aliphatic hydroxyl groups is 1. The number of alkyl halides is 2. The van der Waals surface area contributed by atoms with E-state index in [1.165, 1.54) is 12.1 Å². The number of piperidine rings is 1. The first-order chi connectivity index (χ1) is 8.09. The predicted octanol–water partition coefficient (Wildman–Crippen LogP) is 2.14. The van der Waals surface area contributed by atoms with Crippen LogP contribution in [0.25, 0.3) is 0 Å². The molecule has 0 bridgehead atoms. The van der Waals surface area contributed by atoms with Gasteiger partial charge >= 0.3 is 0 Å². The lowest BCUT2D eigenvalue weighted by atomic mass is 9.88. The number of hydrogen-bond donors (Lipinski definition) is 2. The Bertz CT molecular complexity index is 356. The van der Waals surface area contributed by atoms with Gasteiger partial charge in [-0.05, 0) is 13.0 Å². The lowest BCUT2D eigenvalue weighted by Gasteiger charge is -2.31. The molecule has 0 aromatic heterocycles. The van der Waals surface area contributed by atoms with Crippen LogP contribution in [0.2, 0.25) is 0 Å². The van der Waals surface area contributed by atoms with Gasteiger partial charge in [-0.1, -0.05) is 30.3 Å². The van der Waals surface area contributed by atoms with Gasteiger partial charge in [0, 0.05) is 24.4 Å².